The second kappa shape index (κ2) is 10.1. The van der Waals surface area contributed by atoms with E-state index < -0.39 is 0 Å². The zero-order valence-electron chi connectivity index (χ0n) is 16.8. The van der Waals surface area contributed by atoms with E-state index in [0.29, 0.717) is 12.5 Å². The first-order valence-corrected chi connectivity index (χ1v) is 10.4. The molecule has 0 aliphatic rings. The van der Waals surface area contributed by atoms with E-state index in [4.69, 9.17) is 16.3 Å². The molecular weight excluding hydrogens is 382 g/mol. The standard InChI is InChI=1S/C25H26ClNO2/c1-19(2)15-21-9-6-10-24(16-21)29-23-13-11-22(12-14-23)27(25(28)17-26)18-20-7-4-3-5-8-20/h3-14,16,19H,15,17-18H2,1-2H3. The summed E-state index contributed by atoms with van der Waals surface area (Å²) in [4.78, 5) is 14.1. The highest BCUT2D eigenvalue weighted by atomic mass is 35.5. The molecule has 3 aromatic rings. The molecule has 0 N–H and O–H groups in total. The molecule has 3 nitrogen and oxygen atoms in total. The fourth-order valence-corrected chi connectivity index (χ4v) is 3.34. The van der Waals surface area contributed by atoms with Crippen LogP contribution in [-0.4, -0.2) is 11.8 Å². The molecule has 0 saturated heterocycles. The molecule has 0 aliphatic heterocycles. The van der Waals surface area contributed by atoms with Crippen molar-refractivity contribution in [1.82, 2.24) is 0 Å². The van der Waals surface area contributed by atoms with Crippen molar-refractivity contribution in [3.05, 3.63) is 90.0 Å². The number of hydrogen-bond donors (Lipinski definition) is 0. The Labute approximate surface area is 177 Å². The van der Waals surface area contributed by atoms with E-state index in [1.54, 1.807) is 4.90 Å². The van der Waals surface area contributed by atoms with Gasteiger partial charge in [0.05, 0.1) is 6.54 Å². The molecule has 0 radical (unpaired) electrons. The fraction of sp³-hybridized carbons (Fsp3) is 0.240. The summed E-state index contributed by atoms with van der Waals surface area (Å²) in [6.45, 7) is 4.88. The Morgan fingerprint density at radius 3 is 2.24 bits per heavy atom. The first-order valence-electron chi connectivity index (χ1n) is 9.82. The van der Waals surface area contributed by atoms with Crippen LogP contribution in [0.4, 0.5) is 5.69 Å². The molecule has 0 bridgehead atoms. The number of ether oxygens (including phenoxy) is 1. The predicted molar refractivity (Wildman–Crippen MR) is 120 cm³/mol. The molecule has 0 fully saturated rings. The number of benzene rings is 3. The highest BCUT2D eigenvalue weighted by molar-refractivity contribution is 6.29. The van der Waals surface area contributed by atoms with Gasteiger partial charge in [0.15, 0.2) is 0 Å². The van der Waals surface area contributed by atoms with Gasteiger partial charge >= 0.3 is 0 Å². The van der Waals surface area contributed by atoms with E-state index in [0.717, 1.165) is 29.2 Å². The van der Waals surface area contributed by atoms with Gasteiger partial charge in [0.2, 0.25) is 5.91 Å². The molecule has 0 spiro atoms. The van der Waals surface area contributed by atoms with Crippen LogP contribution in [0.15, 0.2) is 78.9 Å². The van der Waals surface area contributed by atoms with Crippen molar-refractivity contribution < 1.29 is 9.53 Å². The summed E-state index contributed by atoms with van der Waals surface area (Å²) in [5.74, 6) is 1.95. The zero-order valence-corrected chi connectivity index (χ0v) is 17.6. The summed E-state index contributed by atoms with van der Waals surface area (Å²) in [5, 5.41) is 0. The van der Waals surface area contributed by atoms with Crippen LogP contribution in [0.1, 0.15) is 25.0 Å². The van der Waals surface area contributed by atoms with Gasteiger partial charge in [0.25, 0.3) is 0 Å². The maximum absolute atomic E-state index is 12.4. The summed E-state index contributed by atoms with van der Waals surface area (Å²) < 4.78 is 6.01. The topological polar surface area (TPSA) is 29.5 Å². The third-order valence-corrected chi connectivity index (χ3v) is 4.75. The average molecular weight is 408 g/mol. The first-order chi connectivity index (χ1) is 14.0. The second-order valence-electron chi connectivity index (χ2n) is 7.44. The summed E-state index contributed by atoms with van der Waals surface area (Å²) in [6, 6.07) is 25.6. The van der Waals surface area contributed by atoms with E-state index >= 15 is 0 Å². The molecule has 150 valence electrons. The van der Waals surface area contributed by atoms with Crippen LogP contribution >= 0.6 is 11.6 Å². The zero-order chi connectivity index (χ0) is 20.6. The van der Waals surface area contributed by atoms with E-state index in [9.17, 15) is 4.79 Å². The largest absolute Gasteiger partial charge is 0.457 e. The number of nitrogens with zero attached hydrogens (tertiary/aromatic N) is 1. The van der Waals surface area contributed by atoms with Gasteiger partial charge in [-0.15, -0.1) is 11.6 Å². The number of carbonyl (C=O) groups is 1. The van der Waals surface area contributed by atoms with Crippen LogP contribution in [0.5, 0.6) is 11.5 Å². The van der Waals surface area contributed by atoms with Gasteiger partial charge < -0.3 is 9.64 Å². The lowest BCUT2D eigenvalue weighted by Gasteiger charge is -2.22. The van der Waals surface area contributed by atoms with Crippen molar-refractivity contribution in [2.24, 2.45) is 5.92 Å². The summed E-state index contributed by atoms with van der Waals surface area (Å²) in [5.41, 5.74) is 3.10. The lowest BCUT2D eigenvalue weighted by atomic mass is 10.0. The lowest BCUT2D eigenvalue weighted by Crippen LogP contribution is -2.31. The average Bonchev–Trinajstić information content (AvgIpc) is 2.73. The van der Waals surface area contributed by atoms with Crippen molar-refractivity contribution >= 4 is 23.2 Å². The molecule has 0 atom stereocenters. The van der Waals surface area contributed by atoms with Gasteiger partial charge in [-0.2, -0.15) is 0 Å². The minimum Gasteiger partial charge on any atom is -0.457 e. The second-order valence-corrected chi connectivity index (χ2v) is 7.71. The van der Waals surface area contributed by atoms with Crippen LogP contribution in [0, 0.1) is 5.92 Å². The van der Waals surface area contributed by atoms with Gasteiger partial charge in [0, 0.05) is 5.69 Å². The molecule has 0 unspecified atom stereocenters. The smallest absolute Gasteiger partial charge is 0.242 e. The number of alkyl halides is 1. The maximum atomic E-state index is 12.4. The SMILES string of the molecule is CC(C)Cc1cccc(Oc2ccc(N(Cc3ccccc3)C(=O)CCl)cc2)c1. The van der Waals surface area contributed by atoms with Gasteiger partial charge in [-0.3, -0.25) is 4.79 Å². The van der Waals surface area contributed by atoms with E-state index in [1.807, 2.05) is 66.7 Å². The highest BCUT2D eigenvalue weighted by Gasteiger charge is 2.15. The van der Waals surface area contributed by atoms with Crippen LogP contribution < -0.4 is 9.64 Å². The maximum Gasteiger partial charge on any atom is 0.242 e. The monoisotopic (exact) mass is 407 g/mol. The Bertz CT molecular complexity index is 923. The quantitative estimate of drug-likeness (QED) is 0.401. The summed E-state index contributed by atoms with van der Waals surface area (Å²) in [6.07, 6.45) is 1.02. The molecule has 3 rings (SSSR count). The molecule has 29 heavy (non-hydrogen) atoms. The lowest BCUT2D eigenvalue weighted by molar-refractivity contribution is -0.116. The third-order valence-electron chi connectivity index (χ3n) is 4.53. The van der Waals surface area contributed by atoms with E-state index in [-0.39, 0.29) is 11.8 Å². The molecule has 0 heterocycles. The number of rotatable bonds is 8. The van der Waals surface area contributed by atoms with Crippen LogP contribution in [0.3, 0.4) is 0 Å². The van der Waals surface area contributed by atoms with Crippen LogP contribution in [0.25, 0.3) is 0 Å². The van der Waals surface area contributed by atoms with Crippen LogP contribution in [-0.2, 0) is 17.8 Å². The third kappa shape index (κ3) is 6.10. The molecule has 3 aromatic carbocycles. The van der Waals surface area contributed by atoms with Crippen molar-refractivity contribution in [3.63, 3.8) is 0 Å². The van der Waals surface area contributed by atoms with Gasteiger partial charge in [-0.1, -0.05) is 56.3 Å². The Morgan fingerprint density at radius 1 is 0.897 bits per heavy atom. The Kier molecular flexibility index (Phi) is 7.31. The number of amides is 1. The normalized spacial score (nSPS) is 10.8. The van der Waals surface area contributed by atoms with E-state index in [2.05, 4.69) is 26.0 Å². The number of hydrogen-bond acceptors (Lipinski definition) is 2. The minimum absolute atomic E-state index is 0.0618. The molecule has 4 heteroatoms. The van der Waals surface area contributed by atoms with Crippen molar-refractivity contribution in [2.45, 2.75) is 26.8 Å². The Balaban J connectivity index is 1.74. The van der Waals surface area contributed by atoms with Crippen molar-refractivity contribution in [3.8, 4) is 11.5 Å². The molecule has 1 amide bonds. The number of carbonyl (C=O) groups excluding carboxylic acids is 1. The molecular formula is C25H26ClNO2. The molecule has 0 saturated carbocycles. The molecule has 0 aromatic heterocycles. The Hall–Kier alpha value is -2.78. The minimum atomic E-state index is -0.134. The molecule has 0 aliphatic carbocycles. The van der Waals surface area contributed by atoms with Crippen molar-refractivity contribution in [2.75, 3.05) is 10.8 Å². The first kappa shape index (κ1) is 20.9. The van der Waals surface area contributed by atoms with Gasteiger partial charge in [-0.05, 0) is 59.9 Å². The Morgan fingerprint density at radius 2 is 1.59 bits per heavy atom. The highest BCUT2D eigenvalue weighted by Crippen LogP contribution is 2.27. The summed E-state index contributed by atoms with van der Waals surface area (Å²) >= 11 is 5.84. The van der Waals surface area contributed by atoms with Crippen molar-refractivity contribution in [1.29, 1.82) is 0 Å². The van der Waals surface area contributed by atoms with Crippen LogP contribution in [0.2, 0.25) is 0 Å². The number of halogens is 1. The predicted octanol–water partition coefficient (Wildman–Crippen LogP) is 6.45. The number of anilines is 1. The van der Waals surface area contributed by atoms with Gasteiger partial charge in [-0.25, -0.2) is 0 Å². The summed E-state index contributed by atoms with van der Waals surface area (Å²) in [7, 11) is 0. The van der Waals surface area contributed by atoms with Gasteiger partial charge in [0.1, 0.15) is 17.4 Å². The van der Waals surface area contributed by atoms with E-state index in [1.165, 1.54) is 5.56 Å². The fourth-order valence-electron chi connectivity index (χ4n) is 3.20.